The number of halogens is 1. The van der Waals surface area contributed by atoms with Crippen LogP contribution in [-0.4, -0.2) is 18.6 Å². The summed E-state index contributed by atoms with van der Waals surface area (Å²) in [7, 11) is 0. The molecule has 0 aliphatic carbocycles. The Balaban J connectivity index is 2.37. The standard InChI is InChI=1S/C11H14BrNO2/c1-8(2)13-11(14)7-15-10-5-3-9(12)4-6-10/h3-6,8H,7H2,1-2H3,(H,13,14). The van der Waals surface area contributed by atoms with Gasteiger partial charge in [0.15, 0.2) is 6.61 Å². The molecule has 0 aliphatic rings. The van der Waals surface area contributed by atoms with E-state index in [1.165, 1.54) is 0 Å². The molecule has 0 saturated heterocycles. The number of nitrogens with one attached hydrogen (secondary N) is 1. The van der Waals surface area contributed by atoms with Gasteiger partial charge in [0, 0.05) is 10.5 Å². The lowest BCUT2D eigenvalue weighted by molar-refractivity contribution is -0.123. The normalized spacial score (nSPS) is 10.1. The van der Waals surface area contributed by atoms with Crippen molar-refractivity contribution in [2.24, 2.45) is 0 Å². The molecular weight excluding hydrogens is 258 g/mol. The van der Waals surface area contributed by atoms with E-state index in [9.17, 15) is 4.79 Å². The van der Waals surface area contributed by atoms with E-state index in [2.05, 4.69) is 21.2 Å². The summed E-state index contributed by atoms with van der Waals surface area (Å²) in [6.07, 6.45) is 0. The largest absolute Gasteiger partial charge is 0.484 e. The number of carbonyl (C=O) groups is 1. The van der Waals surface area contributed by atoms with Crippen LogP contribution in [-0.2, 0) is 4.79 Å². The molecule has 0 bridgehead atoms. The summed E-state index contributed by atoms with van der Waals surface area (Å²) in [6, 6.07) is 7.51. The van der Waals surface area contributed by atoms with Crippen LogP contribution < -0.4 is 10.1 Å². The Bertz CT molecular complexity index is 322. The highest BCUT2D eigenvalue weighted by Crippen LogP contribution is 2.15. The Morgan fingerprint density at radius 2 is 2.00 bits per heavy atom. The van der Waals surface area contributed by atoms with Crippen molar-refractivity contribution in [2.75, 3.05) is 6.61 Å². The first-order chi connectivity index (χ1) is 7.08. The number of amides is 1. The van der Waals surface area contributed by atoms with Gasteiger partial charge in [0.05, 0.1) is 0 Å². The van der Waals surface area contributed by atoms with E-state index in [0.29, 0.717) is 5.75 Å². The molecule has 3 nitrogen and oxygen atoms in total. The third-order valence-corrected chi connectivity index (χ3v) is 2.16. The maximum absolute atomic E-state index is 11.2. The predicted molar refractivity (Wildman–Crippen MR) is 62.9 cm³/mol. The fourth-order valence-electron chi connectivity index (χ4n) is 1.04. The number of hydrogen-bond donors (Lipinski definition) is 1. The van der Waals surface area contributed by atoms with E-state index in [0.717, 1.165) is 4.47 Å². The summed E-state index contributed by atoms with van der Waals surface area (Å²) in [5.74, 6) is 0.588. The molecule has 1 rings (SSSR count). The topological polar surface area (TPSA) is 38.3 Å². The minimum Gasteiger partial charge on any atom is -0.484 e. The maximum Gasteiger partial charge on any atom is 0.258 e. The summed E-state index contributed by atoms with van der Waals surface area (Å²) in [5.41, 5.74) is 0. The van der Waals surface area contributed by atoms with Gasteiger partial charge in [-0.05, 0) is 38.1 Å². The zero-order chi connectivity index (χ0) is 11.3. The number of ether oxygens (including phenoxy) is 1. The fourth-order valence-corrected chi connectivity index (χ4v) is 1.31. The van der Waals surface area contributed by atoms with Crippen molar-refractivity contribution in [3.05, 3.63) is 28.7 Å². The molecule has 0 aromatic heterocycles. The van der Waals surface area contributed by atoms with Crippen LogP contribution in [0, 0.1) is 0 Å². The van der Waals surface area contributed by atoms with Crippen LogP contribution in [0.1, 0.15) is 13.8 Å². The lowest BCUT2D eigenvalue weighted by Gasteiger charge is -2.09. The minimum absolute atomic E-state index is 0.0554. The molecule has 82 valence electrons. The molecule has 0 radical (unpaired) electrons. The van der Waals surface area contributed by atoms with Crippen molar-refractivity contribution < 1.29 is 9.53 Å². The molecule has 0 saturated carbocycles. The first-order valence-corrected chi connectivity index (χ1v) is 5.55. The second-order valence-corrected chi connectivity index (χ2v) is 4.38. The second-order valence-electron chi connectivity index (χ2n) is 3.46. The minimum atomic E-state index is -0.104. The Labute approximate surface area is 97.9 Å². The van der Waals surface area contributed by atoms with Crippen molar-refractivity contribution in [2.45, 2.75) is 19.9 Å². The van der Waals surface area contributed by atoms with Gasteiger partial charge in [-0.25, -0.2) is 0 Å². The average Bonchev–Trinajstić information content (AvgIpc) is 2.16. The average molecular weight is 272 g/mol. The molecule has 1 amide bonds. The zero-order valence-corrected chi connectivity index (χ0v) is 10.4. The van der Waals surface area contributed by atoms with Crippen LogP contribution >= 0.6 is 15.9 Å². The van der Waals surface area contributed by atoms with Crippen molar-refractivity contribution in [3.8, 4) is 5.75 Å². The van der Waals surface area contributed by atoms with Crippen molar-refractivity contribution in [1.82, 2.24) is 5.32 Å². The van der Waals surface area contributed by atoms with Crippen molar-refractivity contribution >= 4 is 21.8 Å². The van der Waals surface area contributed by atoms with Gasteiger partial charge >= 0.3 is 0 Å². The van der Waals surface area contributed by atoms with Crippen LogP contribution in [0.3, 0.4) is 0 Å². The molecule has 0 aliphatic heterocycles. The summed E-state index contributed by atoms with van der Waals surface area (Å²) < 4.78 is 6.28. The van der Waals surface area contributed by atoms with E-state index in [1.54, 1.807) is 0 Å². The van der Waals surface area contributed by atoms with Gasteiger partial charge in [-0.1, -0.05) is 15.9 Å². The van der Waals surface area contributed by atoms with E-state index in [-0.39, 0.29) is 18.6 Å². The smallest absolute Gasteiger partial charge is 0.258 e. The molecule has 4 heteroatoms. The molecule has 0 heterocycles. The Morgan fingerprint density at radius 3 is 2.53 bits per heavy atom. The number of hydrogen-bond acceptors (Lipinski definition) is 2. The van der Waals surface area contributed by atoms with Crippen LogP contribution in [0.2, 0.25) is 0 Å². The molecular formula is C11H14BrNO2. The molecule has 0 fully saturated rings. The van der Waals surface area contributed by atoms with Crippen molar-refractivity contribution in [1.29, 1.82) is 0 Å². The van der Waals surface area contributed by atoms with Gasteiger partial charge in [0.1, 0.15) is 5.75 Å². The summed E-state index contributed by atoms with van der Waals surface area (Å²) in [5, 5.41) is 2.75. The monoisotopic (exact) mass is 271 g/mol. The maximum atomic E-state index is 11.2. The third kappa shape index (κ3) is 4.83. The highest BCUT2D eigenvalue weighted by atomic mass is 79.9. The van der Waals surface area contributed by atoms with E-state index in [4.69, 9.17) is 4.74 Å². The van der Waals surface area contributed by atoms with Crippen LogP contribution in [0.5, 0.6) is 5.75 Å². The van der Waals surface area contributed by atoms with Crippen LogP contribution in [0.15, 0.2) is 28.7 Å². The predicted octanol–water partition coefficient (Wildman–Crippen LogP) is 2.35. The molecule has 1 aromatic carbocycles. The summed E-state index contributed by atoms with van der Waals surface area (Å²) in [6.45, 7) is 3.88. The molecule has 0 atom stereocenters. The summed E-state index contributed by atoms with van der Waals surface area (Å²) >= 11 is 3.32. The highest BCUT2D eigenvalue weighted by Gasteiger charge is 2.03. The van der Waals surface area contributed by atoms with Gasteiger partial charge in [-0.15, -0.1) is 0 Å². The molecule has 0 spiro atoms. The number of carbonyl (C=O) groups excluding carboxylic acids is 1. The van der Waals surface area contributed by atoms with Gasteiger partial charge in [-0.2, -0.15) is 0 Å². The quantitative estimate of drug-likeness (QED) is 0.913. The van der Waals surface area contributed by atoms with Crippen LogP contribution in [0.4, 0.5) is 0 Å². The molecule has 1 aromatic rings. The fraction of sp³-hybridized carbons (Fsp3) is 0.364. The SMILES string of the molecule is CC(C)NC(=O)COc1ccc(Br)cc1. The first-order valence-electron chi connectivity index (χ1n) is 4.75. The van der Waals surface area contributed by atoms with Crippen molar-refractivity contribution in [3.63, 3.8) is 0 Å². The zero-order valence-electron chi connectivity index (χ0n) is 8.79. The first kappa shape index (κ1) is 12.0. The molecule has 15 heavy (non-hydrogen) atoms. The highest BCUT2D eigenvalue weighted by molar-refractivity contribution is 9.10. The van der Waals surface area contributed by atoms with E-state index >= 15 is 0 Å². The van der Waals surface area contributed by atoms with Gasteiger partial charge < -0.3 is 10.1 Å². The molecule has 0 unspecified atom stereocenters. The van der Waals surface area contributed by atoms with Gasteiger partial charge in [0.2, 0.25) is 0 Å². The number of rotatable bonds is 4. The Morgan fingerprint density at radius 1 is 1.40 bits per heavy atom. The lowest BCUT2D eigenvalue weighted by atomic mass is 10.3. The molecule has 1 N–H and O–H groups in total. The van der Waals surface area contributed by atoms with Gasteiger partial charge in [0.25, 0.3) is 5.91 Å². The summed E-state index contributed by atoms with van der Waals surface area (Å²) in [4.78, 5) is 11.2. The second kappa shape index (κ2) is 5.75. The number of benzene rings is 1. The Kier molecular flexibility index (Phi) is 4.62. The lowest BCUT2D eigenvalue weighted by Crippen LogP contribution is -2.34. The van der Waals surface area contributed by atoms with Gasteiger partial charge in [-0.3, -0.25) is 4.79 Å². The Hall–Kier alpha value is -1.03. The van der Waals surface area contributed by atoms with E-state index < -0.39 is 0 Å². The van der Waals surface area contributed by atoms with E-state index in [1.807, 2.05) is 38.1 Å². The van der Waals surface area contributed by atoms with Crippen LogP contribution in [0.25, 0.3) is 0 Å². The third-order valence-electron chi connectivity index (χ3n) is 1.63.